The first-order valence-electron chi connectivity index (χ1n) is 39.5. The topological polar surface area (TPSA) is 776 Å². The Labute approximate surface area is 844 Å². The summed E-state index contributed by atoms with van der Waals surface area (Å²) in [7, 11) is -30.9. The first kappa shape index (κ1) is 110. The Balaban J connectivity index is 0.000000209. The second kappa shape index (κ2) is 39.7. The molecule has 2 aliphatic carbocycles. The van der Waals surface area contributed by atoms with Gasteiger partial charge in [0.15, 0.2) is 40.2 Å². The summed E-state index contributed by atoms with van der Waals surface area (Å²) in [6.07, 6.45) is 0.188. The third-order valence-corrected chi connectivity index (χ3v) is 28.8. The molecule has 6 amide bonds. The molecule has 56 heteroatoms. The number of ether oxygens (including phenoxy) is 2. The molecule has 0 saturated carbocycles. The van der Waals surface area contributed by atoms with Crippen molar-refractivity contribution in [3.63, 3.8) is 0 Å². The molecule has 8 heterocycles. The molecule has 3 saturated heterocycles. The molecule has 46 nitrogen and oxygen atoms in total. The summed E-state index contributed by atoms with van der Waals surface area (Å²) in [6, 6.07) is 23.1. The minimum Gasteiger partial charge on any atom is -0.744 e. The molecule has 3 fully saturated rings. The number of anilines is 3. The monoisotopic (exact) mass is 2030 g/mol. The summed E-state index contributed by atoms with van der Waals surface area (Å²) in [4.78, 5) is 137. The number of nitrogens with two attached hydrogens (primary N) is 2. The molecule has 10 aliphatic rings. The Kier molecular flexibility index (Phi) is 31.1. The number of fused-ring (bicyclic) bond motifs is 8. The summed E-state index contributed by atoms with van der Waals surface area (Å²) >= 11 is 0. The largest absolute Gasteiger partial charge is 1.00 e. The molecule has 7 aromatic rings. The number of carboxylic acid groups (broad SMARTS) is 2. The number of hydrogen-bond donors (Lipinski definition) is 10. The zero-order valence-corrected chi connectivity index (χ0v) is 80.1. The quantitative estimate of drug-likeness (QED) is 0.0107. The van der Waals surface area contributed by atoms with E-state index in [4.69, 9.17) is 45.5 Å². The number of nitrogens with one attached hydrogen (secondary N) is 5. The third-order valence-electron chi connectivity index (χ3n) is 23.3. The van der Waals surface area contributed by atoms with Gasteiger partial charge in [-0.05, 0) is 153 Å². The van der Waals surface area contributed by atoms with Crippen LogP contribution in [0.25, 0.3) is 72.4 Å². The second-order valence-electron chi connectivity index (χ2n) is 32.3. The molecular formula is C85H67Li4N9O37S6. The number of carbonyl (C=O) groups excluding carboxylic acids is 9. The number of benzene rings is 9. The molecule has 0 spiro atoms. The van der Waals surface area contributed by atoms with Crippen molar-refractivity contribution in [2.45, 2.75) is 132 Å². The van der Waals surface area contributed by atoms with Crippen LogP contribution in [0.15, 0.2) is 160 Å². The summed E-state index contributed by atoms with van der Waals surface area (Å²) in [5.74, 6) is -12.0. The van der Waals surface area contributed by atoms with Gasteiger partial charge in [0, 0.05) is 105 Å². The van der Waals surface area contributed by atoms with Crippen LogP contribution in [-0.2, 0) is 115 Å². The number of carboxylic acids is 2. The number of esters is 1. The summed E-state index contributed by atoms with van der Waals surface area (Å²) in [5, 5.41) is 39.8. The molecule has 0 radical (unpaired) electrons. The third kappa shape index (κ3) is 20.5. The van der Waals surface area contributed by atoms with Crippen molar-refractivity contribution in [3.8, 4) is 56.4 Å². The molecule has 2 atom stereocenters. The number of amides is 6. The Morgan fingerprint density at radius 3 is 1.31 bits per heavy atom. The van der Waals surface area contributed by atoms with Crippen molar-refractivity contribution in [3.05, 3.63) is 193 Å². The summed E-state index contributed by atoms with van der Waals surface area (Å²) in [6.45, 7) is 11.2. The van der Waals surface area contributed by atoms with Crippen molar-refractivity contribution in [1.29, 1.82) is 10.8 Å². The molecule has 12 N–H and O–H groups in total. The van der Waals surface area contributed by atoms with E-state index >= 15 is 0 Å². The van der Waals surface area contributed by atoms with Crippen molar-refractivity contribution in [2.75, 3.05) is 23.9 Å². The Morgan fingerprint density at radius 1 is 0.475 bits per heavy atom. The minimum absolute atomic E-state index is 0. The van der Waals surface area contributed by atoms with Gasteiger partial charge < -0.3 is 77.7 Å². The Bertz CT molecular complexity index is 8300. The van der Waals surface area contributed by atoms with E-state index in [0.717, 1.165) is 86.0 Å². The molecule has 141 heavy (non-hydrogen) atoms. The maximum atomic E-state index is 13.2. The number of hydroxylamine groups is 4. The molecular weight excluding hydrogens is 1960 g/mol. The van der Waals surface area contributed by atoms with Crippen molar-refractivity contribution >= 4 is 171 Å². The van der Waals surface area contributed by atoms with Crippen LogP contribution in [-0.4, -0.2) is 183 Å². The molecule has 0 bridgehead atoms. The van der Waals surface area contributed by atoms with E-state index in [0.29, 0.717) is 34.6 Å². The van der Waals surface area contributed by atoms with E-state index in [2.05, 4.69) is 20.4 Å². The van der Waals surface area contributed by atoms with Crippen LogP contribution in [0.3, 0.4) is 0 Å². The van der Waals surface area contributed by atoms with Gasteiger partial charge in [-0.3, -0.25) is 49.5 Å². The van der Waals surface area contributed by atoms with E-state index in [1.807, 2.05) is 41.5 Å². The van der Waals surface area contributed by atoms with Gasteiger partial charge in [0.25, 0.3) is 23.6 Å². The zero-order chi connectivity index (χ0) is 101. The fraction of sp³-hybridized carbons (Fsp3) is 0.200. The van der Waals surface area contributed by atoms with Crippen LogP contribution >= 0.6 is 0 Å². The standard InChI is InChI=1S/C34H33N3O11S2.C25H17N3O13S2.C22H16N2O11S2.C4H5NO2.4Li/c1-15-33(3,4)21-13-19-25(17-7-9-18(10-8-17)32(40)48-37-23(38)11-12-24(37)39)20-14-22-27(36-16(2)34(22,5)6)31(50(44,45)46)29(20)47-28(19)30(26(21)35-15)49(41,42)43;26-15-5-3-12-19(11-2-1-10(9-14(11)24(31)32)25(33)41-28-17(29)7-8-18(28)30)13-4-6-16(27)23(43(37,38)39)21(13)40-20(12)22(15)42(34,35)36;1-34-22(27)9-2-3-10(21(25)26)13(8-9)16-11-4-6-14(23)19(36(28,29)30)17(11)35-18-12(16)5-7-15(24)20(18)37(31,32)33;6-3-1-2-4(7)5-3;;;;/h7-10,13-16,35H,11-12H2,1-6H3,(H,41,42,43)(H,44,45,46);1-6,9,26H,7-8,27H2,(H,31,32)(H,34,35,36)(H,37,38,39);2-8,23H,24H2,1H3,(H,25,26)(H,28,29,30)(H,31,32,33);1-2H2,(H,5,6,7);;;;/q;;;;4*+1/p-4. The zero-order valence-electron chi connectivity index (χ0n) is 75.2. The predicted molar refractivity (Wildman–Crippen MR) is 456 cm³/mol. The molecule has 7 aromatic carbocycles. The van der Waals surface area contributed by atoms with E-state index in [1.54, 1.807) is 12.1 Å². The molecule has 17 rings (SSSR count). The van der Waals surface area contributed by atoms with Gasteiger partial charge in [-0.25, -0.2) is 71.1 Å². The number of hydrogen-bond acceptors (Lipinski definition) is 39. The van der Waals surface area contributed by atoms with Gasteiger partial charge in [-0.1, -0.05) is 32.0 Å². The van der Waals surface area contributed by atoms with Crippen LogP contribution in [0.2, 0.25) is 0 Å². The minimum atomic E-state index is -5.48. The molecule has 0 aromatic heterocycles. The summed E-state index contributed by atoms with van der Waals surface area (Å²) < 4.78 is 243. The Morgan fingerprint density at radius 2 is 0.894 bits per heavy atom. The van der Waals surface area contributed by atoms with Crippen molar-refractivity contribution < 1.29 is 249 Å². The average molecular weight is 2030 g/mol. The second-order valence-corrected chi connectivity index (χ2v) is 40.3. The molecule has 8 aliphatic heterocycles. The molecule has 2 unspecified atom stereocenters. The number of nitrogens with zero attached hydrogens (tertiary/aromatic N) is 2. The van der Waals surface area contributed by atoms with Crippen molar-refractivity contribution in [1.82, 2.24) is 15.4 Å². The van der Waals surface area contributed by atoms with Gasteiger partial charge in [-0.2, -0.15) is 8.42 Å². The number of rotatable bonds is 16. The van der Waals surface area contributed by atoms with E-state index < -0.39 is 227 Å². The van der Waals surface area contributed by atoms with Crippen LogP contribution in [0.5, 0.6) is 11.5 Å². The van der Waals surface area contributed by atoms with Gasteiger partial charge in [0.05, 0.1) is 68.1 Å². The number of methoxy groups -OCH3 is 1. The van der Waals surface area contributed by atoms with E-state index in [9.17, 15) is 141 Å². The first-order chi connectivity index (χ1) is 63.6. The van der Waals surface area contributed by atoms with Gasteiger partial charge in [0.2, 0.25) is 22.1 Å². The van der Waals surface area contributed by atoms with Crippen LogP contribution in [0.4, 0.5) is 17.1 Å². The average Bonchev–Trinajstić information content (AvgIpc) is 1.59. The van der Waals surface area contributed by atoms with Gasteiger partial charge in [0.1, 0.15) is 75.1 Å². The maximum absolute atomic E-state index is 13.2. The maximum Gasteiger partial charge on any atom is 1.00 e. The number of carbonyl (C=O) groups is 11. The molecule has 714 valence electrons. The van der Waals surface area contributed by atoms with E-state index in [-0.39, 0.29) is 213 Å². The smallest absolute Gasteiger partial charge is 0.744 e. The fourth-order valence-electron chi connectivity index (χ4n) is 16.1. The number of aromatic carboxylic acids is 2. The predicted octanol–water partition coefficient (Wildman–Crippen LogP) is -9.13. The SMILES string of the molecule is CC1Nc2c(cc3c(c2S(=O)(=O)[O-])Oc2c(S(=O)(=O)O)c4c(cc2=C3c2ccc(C(=O)ON3C(=O)CCC3=O)cc2)C(C)(C)C(C)[NH+]=4)C1(C)C.COC(=O)c1ccc(C(=O)O)c(-c2c3ccc(=N)c(S(=O)(=O)[O-])c-3oc3c(S(=O)(=O)[O-])c(N)ccc23)c1.N=c1ccc2c(-c3ccc(C(=O)ON4C(=O)CCC4=O)cc3C(=O)O)c3ccc(N)c(S(=O)(=O)[O-])c3oc-2c1S(=O)(=O)[O-].O=C1CCC(=O)N1.[Li+].[Li+].[Li+].[Li+]. The van der Waals surface area contributed by atoms with Crippen LogP contribution in [0.1, 0.15) is 154 Å². The van der Waals surface area contributed by atoms with Gasteiger partial charge in [-0.15, -0.1) is 10.1 Å². The Hall–Kier alpha value is -12.6. The number of imide groups is 3. The first-order valence-corrected chi connectivity index (χ1v) is 48.0. The van der Waals surface area contributed by atoms with E-state index in [1.165, 1.54) is 30.3 Å². The van der Waals surface area contributed by atoms with Crippen LogP contribution < -0.4 is 129 Å². The normalized spacial score (nSPS) is 16.0. The van der Waals surface area contributed by atoms with Gasteiger partial charge >= 0.3 is 115 Å². The van der Waals surface area contributed by atoms with Crippen molar-refractivity contribution in [2.24, 2.45) is 0 Å². The van der Waals surface area contributed by atoms with Crippen LogP contribution in [0, 0.1) is 10.8 Å². The summed E-state index contributed by atoms with van der Waals surface area (Å²) in [5.41, 5.74) is 5.91. The number of nitrogen functional groups attached to an aromatic ring is 2. The fourth-order valence-corrected chi connectivity index (χ4v) is 20.7.